The quantitative estimate of drug-likeness (QED) is 0.595. The van der Waals surface area contributed by atoms with Gasteiger partial charge >= 0.3 is 0 Å². The number of anilines is 1. The van der Waals surface area contributed by atoms with E-state index in [9.17, 15) is 0 Å². The molecular formula is C22H22Cl2N4O4. The summed E-state index contributed by atoms with van der Waals surface area (Å²) in [5, 5.41) is 1.78. The molecule has 1 unspecified atom stereocenters. The molecule has 0 amide bonds. The Hall–Kier alpha value is -1.94. The van der Waals surface area contributed by atoms with E-state index in [1.165, 1.54) is 6.33 Å². The highest BCUT2D eigenvalue weighted by atomic mass is 35.5. The number of aromatic nitrogens is 3. The third-order valence-corrected chi connectivity index (χ3v) is 7.06. The van der Waals surface area contributed by atoms with Gasteiger partial charge in [-0.3, -0.25) is 0 Å². The Morgan fingerprint density at radius 3 is 2.72 bits per heavy atom. The van der Waals surface area contributed by atoms with Crippen LogP contribution < -0.4 is 5.73 Å². The maximum atomic E-state index is 6.59. The Labute approximate surface area is 194 Å². The Balaban J connectivity index is 1.43. The van der Waals surface area contributed by atoms with Crippen LogP contribution in [0.5, 0.6) is 0 Å². The molecule has 2 saturated heterocycles. The smallest absolute Gasteiger partial charge is 0.164 e. The first kappa shape index (κ1) is 20.7. The molecule has 0 radical (unpaired) electrons. The molecule has 1 aromatic carbocycles. The zero-order chi connectivity index (χ0) is 22.2. The van der Waals surface area contributed by atoms with Crippen molar-refractivity contribution < 1.29 is 18.9 Å². The van der Waals surface area contributed by atoms with E-state index in [1.54, 1.807) is 0 Å². The third-order valence-electron chi connectivity index (χ3n) is 6.34. The van der Waals surface area contributed by atoms with Gasteiger partial charge in [0.2, 0.25) is 0 Å². The number of halogens is 2. The van der Waals surface area contributed by atoms with Gasteiger partial charge in [0, 0.05) is 6.20 Å². The molecule has 3 aromatic rings. The van der Waals surface area contributed by atoms with Gasteiger partial charge in [0.15, 0.2) is 12.0 Å². The lowest BCUT2D eigenvalue weighted by atomic mass is 9.92. The number of hydrogen-bond donors (Lipinski definition) is 1. The van der Waals surface area contributed by atoms with Crippen LogP contribution in [0.25, 0.3) is 11.0 Å². The molecule has 0 saturated carbocycles. The van der Waals surface area contributed by atoms with Crippen LogP contribution in [0, 0.1) is 0 Å². The van der Waals surface area contributed by atoms with Crippen molar-refractivity contribution in [2.24, 2.45) is 0 Å². The molecule has 2 aromatic heterocycles. The molecule has 0 spiro atoms. The maximum Gasteiger partial charge on any atom is 0.164 e. The molecule has 8 nitrogen and oxygen atoms in total. The van der Waals surface area contributed by atoms with Crippen molar-refractivity contribution in [1.82, 2.24) is 14.5 Å². The molecular weight excluding hydrogens is 455 g/mol. The molecule has 2 N–H and O–H groups in total. The Kier molecular flexibility index (Phi) is 4.70. The number of ether oxygens (including phenoxy) is 4. The van der Waals surface area contributed by atoms with E-state index in [4.69, 9.17) is 47.9 Å². The molecule has 0 aliphatic carbocycles. The maximum absolute atomic E-state index is 6.59. The lowest BCUT2D eigenvalue weighted by Gasteiger charge is -2.33. The monoisotopic (exact) mass is 476 g/mol. The predicted molar refractivity (Wildman–Crippen MR) is 119 cm³/mol. The Bertz CT molecular complexity index is 1220. The molecule has 10 heteroatoms. The highest BCUT2D eigenvalue weighted by Gasteiger charge is 2.58. The first-order valence-electron chi connectivity index (χ1n) is 10.5. The molecule has 6 rings (SSSR count). The molecule has 3 aliphatic heterocycles. The van der Waals surface area contributed by atoms with Crippen molar-refractivity contribution >= 4 is 40.1 Å². The van der Waals surface area contributed by atoms with E-state index >= 15 is 0 Å². The van der Waals surface area contributed by atoms with E-state index in [2.05, 4.69) is 9.97 Å². The third kappa shape index (κ3) is 3.13. The highest BCUT2D eigenvalue weighted by molar-refractivity contribution is 6.42. The summed E-state index contributed by atoms with van der Waals surface area (Å²) in [4.78, 5) is 8.50. The van der Waals surface area contributed by atoms with Crippen LogP contribution >= 0.6 is 23.2 Å². The second kappa shape index (κ2) is 7.28. The summed E-state index contributed by atoms with van der Waals surface area (Å²) >= 11 is 12.6. The van der Waals surface area contributed by atoms with Crippen LogP contribution in [-0.2, 0) is 25.4 Å². The van der Waals surface area contributed by atoms with Crippen LogP contribution in [0.4, 0.5) is 5.82 Å². The zero-order valence-corrected chi connectivity index (χ0v) is 19.0. The molecule has 5 heterocycles. The molecule has 32 heavy (non-hydrogen) atoms. The van der Waals surface area contributed by atoms with Gasteiger partial charge < -0.3 is 29.2 Å². The molecule has 5 atom stereocenters. The van der Waals surface area contributed by atoms with Crippen molar-refractivity contribution in [1.29, 1.82) is 0 Å². The average Bonchev–Trinajstić information content (AvgIpc) is 3.40. The van der Waals surface area contributed by atoms with Crippen LogP contribution in [0.2, 0.25) is 10.0 Å². The zero-order valence-electron chi connectivity index (χ0n) is 17.5. The molecule has 168 valence electrons. The van der Waals surface area contributed by atoms with Gasteiger partial charge in [0.25, 0.3) is 0 Å². The topological polar surface area (TPSA) is 93.7 Å². The Morgan fingerprint density at radius 2 is 1.88 bits per heavy atom. The molecule has 2 fully saturated rings. The fourth-order valence-electron chi connectivity index (χ4n) is 5.01. The fourth-order valence-corrected chi connectivity index (χ4v) is 5.37. The van der Waals surface area contributed by atoms with E-state index in [0.29, 0.717) is 28.1 Å². The van der Waals surface area contributed by atoms with Crippen molar-refractivity contribution in [3.05, 3.63) is 51.9 Å². The minimum absolute atomic E-state index is 0.350. The second-order valence-electron chi connectivity index (χ2n) is 8.78. The standard InChI is InChI=1S/C22H22Cl2N4O4/c1-22(2)31-17-16(15-12-8-14(24)13(23)7-10(12)4-6-29-15)30-21(18(17)32-22)28-5-3-11-19(25)26-9-27-20(11)28/h3,5,7-9,15-18,21H,4,6H2,1-2H3,(H2,25,26,27)/t15-,16-,17-,18-,21?/m1/s1. The largest absolute Gasteiger partial charge is 0.383 e. The van der Waals surface area contributed by atoms with Gasteiger partial charge in [-0.2, -0.15) is 0 Å². The number of hydrogen-bond acceptors (Lipinski definition) is 7. The first-order valence-corrected chi connectivity index (χ1v) is 11.3. The highest BCUT2D eigenvalue weighted by Crippen LogP contribution is 2.49. The summed E-state index contributed by atoms with van der Waals surface area (Å²) in [7, 11) is 0. The van der Waals surface area contributed by atoms with Crippen LogP contribution in [-0.4, -0.2) is 45.2 Å². The molecule has 0 bridgehead atoms. The second-order valence-corrected chi connectivity index (χ2v) is 9.60. The van der Waals surface area contributed by atoms with Crippen molar-refractivity contribution in [3.63, 3.8) is 0 Å². The fraction of sp³-hybridized carbons (Fsp3) is 0.455. The summed E-state index contributed by atoms with van der Waals surface area (Å²) in [5.41, 5.74) is 8.78. The van der Waals surface area contributed by atoms with E-state index < -0.39 is 18.1 Å². The van der Waals surface area contributed by atoms with Crippen molar-refractivity contribution in [3.8, 4) is 0 Å². The van der Waals surface area contributed by atoms with Gasteiger partial charge in [0.05, 0.1) is 22.0 Å². The van der Waals surface area contributed by atoms with E-state index in [0.717, 1.165) is 22.9 Å². The van der Waals surface area contributed by atoms with Gasteiger partial charge in [-0.05, 0) is 49.6 Å². The van der Waals surface area contributed by atoms with Gasteiger partial charge in [0.1, 0.15) is 42.2 Å². The summed E-state index contributed by atoms with van der Waals surface area (Å²) in [6.07, 6.45) is 2.12. The van der Waals surface area contributed by atoms with Gasteiger partial charge in [-0.25, -0.2) is 9.97 Å². The minimum Gasteiger partial charge on any atom is -0.383 e. The van der Waals surface area contributed by atoms with Crippen LogP contribution in [0.3, 0.4) is 0 Å². The SMILES string of the molecule is CC1(C)O[C@@H]2[C@@H]([C@@H]3OCCc4cc(Cl)c(Cl)cc43)OC(n3ccc4c(N)ncnc43)[C@@H]2O1. The number of benzene rings is 1. The van der Waals surface area contributed by atoms with Crippen molar-refractivity contribution in [2.45, 2.75) is 56.7 Å². The summed E-state index contributed by atoms with van der Waals surface area (Å²) < 4.78 is 27.3. The number of fused-ring (bicyclic) bond motifs is 3. The number of nitrogens with two attached hydrogens (primary N) is 1. The summed E-state index contributed by atoms with van der Waals surface area (Å²) in [6, 6.07) is 5.66. The molecule has 3 aliphatic rings. The lowest BCUT2D eigenvalue weighted by Crippen LogP contribution is -2.37. The van der Waals surface area contributed by atoms with Gasteiger partial charge in [-0.15, -0.1) is 0 Å². The first-order chi connectivity index (χ1) is 15.3. The minimum atomic E-state index is -0.762. The Morgan fingerprint density at radius 1 is 1.09 bits per heavy atom. The number of nitrogens with zero attached hydrogens (tertiary/aromatic N) is 3. The normalized spacial score (nSPS) is 31.1. The van der Waals surface area contributed by atoms with E-state index in [-0.39, 0.29) is 18.3 Å². The van der Waals surface area contributed by atoms with Crippen LogP contribution in [0.15, 0.2) is 30.7 Å². The van der Waals surface area contributed by atoms with Crippen molar-refractivity contribution in [2.75, 3.05) is 12.3 Å². The number of nitrogen functional groups attached to an aromatic ring is 1. The summed E-state index contributed by atoms with van der Waals surface area (Å²) in [5.74, 6) is -0.346. The average molecular weight is 477 g/mol. The van der Waals surface area contributed by atoms with Crippen LogP contribution in [0.1, 0.15) is 37.3 Å². The lowest BCUT2D eigenvalue weighted by molar-refractivity contribution is -0.212. The van der Waals surface area contributed by atoms with Gasteiger partial charge in [-0.1, -0.05) is 23.2 Å². The van der Waals surface area contributed by atoms with E-state index in [1.807, 2.05) is 42.8 Å². The summed E-state index contributed by atoms with van der Waals surface area (Å²) in [6.45, 7) is 4.36. The predicted octanol–water partition coefficient (Wildman–Crippen LogP) is 4.05. The number of rotatable bonds is 2.